The Morgan fingerprint density at radius 2 is 2.14 bits per heavy atom. The van der Waals surface area contributed by atoms with Crippen LogP contribution >= 0.6 is 22.9 Å². The number of likely N-dealkylation sites (tertiary alicyclic amines) is 1. The van der Waals surface area contributed by atoms with Crippen LogP contribution in [0.5, 0.6) is 0 Å². The first-order valence-electron chi connectivity index (χ1n) is 5.39. The van der Waals surface area contributed by atoms with Crippen molar-refractivity contribution in [2.75, 3.05) is 32.8 Å². The lowest BCUT2D eigenvalue weighted by atomic mass is 9.95. The first-order chi connectivity index (χ1) is 6.74. The van der Waals surface area contributed by atoms with Crippen LogP contribution in [-0.4, -0.2) is 43.8 Å². The Labute approximate surface area is 101 Å². The highest BCUT2D eigenvalue weighted by molar-refractivity contribution is 14.1. The Bertz CT molecular complexity index is 149. The van der Waals surface area contributed by atoms with Gasteiger partial charge in [0.1, 0.15) is 0 Å². The van der Waals surface area contributed by atoms with E-state index in [1.54, 1.807) is 0 Å². The van der Waals surface area contributed by atoms with E-state index in [1.807, 2.05) is 0 Å². The lowest BCUT2D eigenvalue weighted by Crippen LogP contribution is -2.50. The molecule has 0 aromatic heterocycles. The van der Waals surface area contributed by atoms with Crippen molar-refractivity contribution in [3.8, 4) is 0 Å². The van der Waals surface area contributed by atoms with Crippen molar-refractivity contribution < 1.29 is 4.74 Å². The fraction of sp³-hybridized carbons (Fsp3) is 1.00. The molecule has 84 valence electrons. The maximum Gasteiger partial charge on any atom is 0.0599 e. The van der Waals surface area contributed by atoms with Crippen molar-refractivity contribution in [2.45, 2.75) is 26.3 Å². The molecule has 0 bridgehead atoms. The highest BCUT2D eigenvalue weighted by Crippen LogP contribution is 2.20. The number of hydrogen-bond donors (Lipinski definition) is 1. The molecule has 14 heavy (non-hydrogen) atoms. The van der Waals surface area contributed by atoms with Gasteiger partial charge in [-0.15, -0.1) is 0 Å². The Kier molecular flexibility index (Phi) is 6.32. The molecule has 1 aliphatic heterocycles. The summed E-state index contributed by atoms with van der Waals surface area (Å²) in [6, 6.07) is 0.718. The van der Waals surface area contributed by atoms with Gasteiger partial charge in [-0.3, -0.25) is 3.53 Å². The van der Waals surface area contributed by atoms with Gasteiger partial charge in [-0.2, -0.15) is 0 Å². The normalized spacial score (nSPS) is 18.9. The van der Waals surface area contributed by atoms with Crippen LogP contribution in [0.25, 0.3) is 0 Å². The molecule has 0 aromatic rings. The number of hydrogen-bond acceptors (Lipinski definition) is 3. The van der Waals surface area contributed by atoms with Gasteiger partial charge >= 0.3 is 0 Å². The second-order valence-corrected chi connectivity index (χ2v) is 4.96. The molecule has 0 aromatic carbocycles. The van der Waals surface area contributed by atoms with Gasteiger partial charge in [0.25, 0.3) is 0 Å². The quantitative estimate of drug-likeness (QED) is 0.440. The van der Waals surface area contributed by atoms with E-state index in [-0.39, 0.29) is 0 Å². The summed E-state index contributed by atoms with van der Waals surface area (Å²) < 4.78 is 8.53. The molecule has 0 radical (unpaired) electrons. The fourth-order valence-corrected chi connectivity index (χ4v) is 1.90. The molecular formula is C10H21IN2O. The molecule has 0 saturated carbocycles. The van der Waals surface area contributed by atoms with E-state index in [0.29, 0.717) is 0 Å². The lowest BCUT2D eigenvalue weighted by Gasteiger charge is -2.42. The number of halogens is 1. The maximum atomic E-state index is 5.49. The van der Waals surface area contributed by atoms with Crippen molar-refractivity contribution in [1.29, 1.82) is 0 Å². The van der Waals surface area contributed by atoms with Crippen LogP contribution in [0.1, 0.15) is 20.3 Å². The van der Waals surface area contributed by atoms with Gasteiger partial charge in [0.2, 0.25) is 0 Å². The fourth-order valence-electron chi connectivity index (χ4n) is 1.68. The summed E-state index contributed by atoms with van der Waals surface area (Å²) in [6.07, 6.45) is 1.23. The minimum atomic E-state index is 0.718. The summed E-state index contributed by atoms with van der Waals surface area (Å²) in [7, 11) is 0. The molecule has 0 unspecified atom stereocenters. The molecule has 0 spiro atoms. The molecular weight excluding hydrogens is 291 g/mol. The third-order valence-corrected chi connectivity index (χ3v) is 3.27. The van der Waals surface area contributed by atoms with E-state index in [2.05, 4.69) is 45.1 Å². The SMILES string of the molecule is CC(C)N1CC(CCOCCNI)C1. The highest BCUT2D eigenvalue weighted by Gasteiger charge is 2.27. The Morgan fingerprint density at radius 1 is 1.43 bits per heavy atom. The third-order valence-electron chi connectivity index (χ3n) is 2.73. The van der Waals surface area contributed by atoms with Crippen LogP contribution in [0.3, 0.4) is 0 Å². The predicted octanol–water partition coefficient (Wildman–Crippen LogP) is 1.67. The summed E-state index contributed by atoms with van der Waals surface area (Å²) >= 11 is 2.14. The summed E-state index contributed by atoms with van der Waals surface area (Å²) in [6.45, 7) is 9.77. The zero-order valence-corrected chi connectivity index (χ0v) is 11.3. The van der Waals surface area contributed by atoms with Crippen LogP contribution in [0, 0.1) is 5.92 Å². The molecule has 4 heteroatoms. The zero-order valence-electron chi connectivity index (χ0n) is 9.13. The molecule has 1 aliphatic rings. The van der Waals surface area contributed by atoms with E-state index in [1.165, 1.54) is 19.5 Å². The van der Waals surface area contributed by atoms with Crippen LogP contribution in [-0.2, 0) is 4.74 Å². The average Bonchev–Trinajstić information content (AvgIpc) is 2.06. The molecule has 3 nitrogen and oxygen atoms in total. The summed E-state index contributed by atoms with van der Waals surface area (Å²) in [4.78, 5) is 2.51. The van der Waals surface area contributed by atoms with Crippen molar-refractivity contribution in [2.24, 2.45) is 5.92 Å². The van der Waals surface area contributed by atoms with Crippen LogP contribution in [0.2, 0.25) is 0 Å². The molecule has 1 N–H and O–H groups in total. The van der Waals surface area contributed by atoms with E-state index in [0.717, 1.165) is 31.7 Å². The molecule has 1 fully saturated rings. The summed E-state index contributed by atoms with van der Waals surface area (Å²) in [5, 5.41) is 0. The number of ether oxygens (including phenoxy) is 1. The number of nitrogens with zero attached hydrogens (tertiary/aromatic N) is 1. The minimum absolute atomic E-state index is 0.718. The van der Waals surface area contributed by atoms with E-state index >= 15 is 0 Å². The number of nitrogens with one attached hydrogen (secondary N) is 1. The van der Waals surface area contributed by atoms with E-state index in [4.69, 9.17) is 4.74 Å². The smallest absolute Gasteiger partial charge is 0.0599 e. The van der Waals surface area contributed by atoms with Gasteiger partial charge in [-0.05, 0) is 26.2 Å². The van der Waals surface area contributed by atoms with Gasteiger partial charge in [0, 0.05) is 55.1 Å². The first-order valence-corrected chi connectivity index (χ1v) is 6.47. The second kappa shape index (κ2) is 6.98. The topological polar surface area (TPSA) is 24.5 Å². The van der Waals surface area contributed by atoms with Crippen molar-refractivity contribution in [3.63, 3.8) is 0 Å². The van der Waals surface area contributed by atoms with Crippen molar-refractivity contribution >= 4 is 22.9 Å². The zero-order chi connectivity index (χ0) is 10.4. The van der Waals surface area contributed by atoms with Crippen molar-refractivity contribution in [1.82, 2.24) is 8.43 Å². The minimum Gasteiger partial charge on any atom is -0.380 e. The average molecular weight is 312 g/mol. The van der Waals surface area contributed by atoms with Gasteiger partial charge in [0.05, 0.1) is 6.61 Å². The summed E-state index contributed by atoms with van der Waals surface area (Å²) in [5.41, 5.74) is 0. The standard InChI is InChI=1S/C10H21IN2O/c1-9(2)13-7-10(8-13)3-5-14-6-4-12-11/h9-10,12H,3-8H2,1-2H3. The number of rotatable bonds is 7. The lowest BCUT2D eigenvalue weighted by molar-refractivity contribution is 0.0370. The molecule has 1 saturated heterocycles. The molecule has 1 rings (SSSR count). The molecule has 0 atom stereocenters. The monoisotopic (exact) mass is 312 g/mol. The highest BCUT2D eigenvalue weighted by atomic mass is 127. The second-order valence-electron chi connectivity index (χ2n) is 4.20. The Balaban J connectivity index is 1.86. The van der Waals surface area contributed by atoms with E-state index in [9.17, 15) is 0 Å². The summed E-state index contributed by atoms with van der Waals surface area (Å²) in [5.74, 6) is 0.880. The largest absolute Gasteiger partial charge is 0.380 e. The Morgan fingerprint density at radius 3 is 2.71 bits per heavy atom. The van der Waals surface area contributed by atoms with Crippen molar-refractivity contribution in [3.05, 3.63) is 0 Å². The molecule has 0 amide bonds. The predicted molar refractivity (Wildman–Crippen MR) is 67.7 cm³/mol. The van der Waals surface area contributed by atoms with Gasteiger partial charge in [-0.25, -0.2) is 0 Å². The van der Waals surface area contributed by atoms with Gasteiger partial charge in [0.15, 0.2) is 0 Å². The van der Waals surface area contributed by atoms with Crippen LogP contribution in [0.15, 0.2) is 0 Å². The molecule has 1 heterocycles. The van der Waals surface area contributed by atoms with Crippen LogP contribution in [0.4, 0.5) is 0 Å². The maximum absolute atomic E-state index is 5.49. The third kappa shape index (κ3) is 4.42. The van der Waals surface area contributed by atoms with Gasteiger partial charge in [-0.1, -0.05) is 0 Å². The Hall–Kier alpha value is 0.610. The first kappa shape index (κ1) is 12.7. The molecule has 0 aliphatic carbocycles. The van der Waals surface area contributed by atoms with E-state index < -0.39 is 0 Å². The van der Waals surface area contributed by atoms with Crippen LogP contribution < -0.4 is 3.53 Å². The van der Waals surface area contributed by atoms with Gasteiger partial charge < -0.3 is 9.64 Å².